The zero-order valence-corrected chi connectivity index (χ0v) is 18.0. The predicted molar refractivity (Wildman–Crippen MR) is 120 cm³/mol. The van der Waals surface area contributed by atoms with Gasteiger partial charge in [-0.25, -0.2) is 0 Å². The van der Waals surface area contributed by atoms with Crippen molar-refractivity contribution in [2.24, 2.45) is 4.99 Å². The summed E-state index contributed by atoms with van der Waals surface area (Å²) in [6, 6.07) is 9.13. The molecule has 2 aliphatic rings. The van der Waals surface area contributed by atoms with Crippen LogP contribution < -0.4 is 15.5 Å². The maximum absolute atomic E-state index is 12.4. The molecule has 0 radical (unpaired) electrons. The molecule has 1 aromatic carbocycles. The minimum absolute atomic E-state index is 0.161. The first-order valence-corrected chi connectivity index (χ1v) is 10.7. The summed E-state index contributed by atoms with van der Waals surface area (Å²) >= 11 is 0. The third-order valence-electron chi connectivity index (χ3n) is 5.29. The van der Waals surface area contributed by atoms with Gasteiger partial charge < -0.3 is 20.4 Å². The lowest BCUT2D eigenvalue weighted by molar-refractivity contribution is 0.0964. The van der Waals surface area contributed by atoms with Crippen LogP contribution in [-0.2, 0) is 6.42 Å². The molecule has 0 unspecified atom stereocenters. The fourth-order valence-corrected chi connectivity index (χ4v) is 3.44. The van der Waals surface area contributed by atoms with Crippen molar-refractivity contribution in [1.82, 2.24) is 30.5 Å². The molecular weight excluding hydrogens is 392 g/mol. The second-order valence-electron chi connectivity index (χ2n) is 7.66. The molecule has 31 heavy (non-hydrogen) atoms. The predicted octanol–water partition coefficient (Wildman–Crippen LogP) is 1.87. The van der Waals surface area contributed by atoms with Crippen LogP contribution in [0.25, 0.3) is 0 Å². The average Bonchev–Trinajstić information content (AvgIpc) is 2.80. The normalized spacial score (nSPS) is 18.5. The van der Waals surface area contributed by atoms with E-state index in [9.17, 15) is 4.79 Å². The van der Waals surface area contributed by atoms with Crippen LogP contribution in [0.5, 0.6) is 0 Å². The summed E-state index contributed by atoms with van der Waals surface area (Å²) in [7, 11) is 2.12. The van der Waals surface area contributed by atoms with Gasteiger partial charge in [0.15, 0.2) is 0 Å². The van der Waals surface area contributed by atoms with Gasteiger partial charge in [-0.05, 0) is 31.7 Å². The molecule has 2 N–H and O–H groups in total. The van der Waals surface area contributed by atoms with E-state index >= 15 is 0 Å². The molecule has 3 heterocycles. The first-order chi connectivity index (χ1) is 15.1. The Morgan fingerprint density at radius 3 is 2.65 bits per heavy atom. The van der Waals surface area contributed by atoms with E-state index in [-0.39, 0.29) is 5.91 Å². The van der Waals surface area contributed by atoms with Gasteiger partial charge in [-0.1, -0.05) is 25.1 Å². The van der Waals surface area contributed by atoms with E-state index in [4.69, 9.17) is 0 Å². The van der Waals surface area contributed by atoms with Gasteiger partial charge in [-0.3, -0.25) is 4.79 Å². The van der Waals surface area contributed by atoms with Gasteiger partial charge >= 0.3 is 0 Å². The molecule has 9 heteroatoms. The van der Waals surface area contributed by atoms with Crippen molar-refractivity contribution in [2.45, 2.75) is 26.2 Å². The molecule has 2 aromatic rings. The average molecular weight is 421 g/mol. The number of rotatable bonds is 5. The fraction of sp³-hybridized carbons (Fsp3) is 0.409. The molecule has 0 aliphatic carbocycles. The van der Waals surface area contributed by atoms with Crippen LogP contribution in [0.4, 0.5) is 11.9 Å². The Bertz CT molecular complexity index is 980. The highest BCUT2D eigenvalue weighted by atomic mass is 16.1. The number of aromatic nitrogens is 3. The number of nitrogens with one attached hydrogen (secondary N) is 2. The number of carbonyl (C=O) groups excluding carboxylic acids is 1. The number of likely N-dealkylation sites (N-methyl/N-ethyl adjacent to an activating group) is 1. The van der Waals surface area contributed by atoms with E-state index in [0.29, 0.717) is 29.7 Å². The van der Waals surface area contributed by atoms with Gasteiger partial charge in [0.05, 0.1) is 0 Å². The lowest BCUT2D eigenvalue weighted by Gasteiger charge is -2.32. The number of hydrogen-bond donors (Lipinski definition) is 2. The Balaban J connectivity index is 1.48. The molecule has 2 aliphatic heterocycles. The first kappa shape index (κ1) is 20.9. The molecule has 0 saturated carbocycles. The molecule has 0 atom stereocenters. The highest BCUT2D eigenvalue weighted by Gasteiger charge is 2.19. The Labute approximate surface area is 182 Å². The van der Waals surface area contributed by atoms with E-state index < -0.39 is 0 Å². The van der Waals surface area contributed by atoms with Crippen molar-refractivity contribution in [3.8, 4) is 0 Å². The number of hydrogen-bond acceptors (Lipinski definition) is 7. The van der Waals surface area contributed by atoms with E-state index in [0.717, 1.165) is 50.7 Å². The van der Waals surface area contributed by atoms with Crippen LogP contribution in [-0.4, -0.2) is 64.8 Å². The van der Waals surface area contributed by atoms with E-state index in [1.54, 1.807) is 12.1 Å². The van der Waals surface area contributed by atoms with Crippen LogP contribution in [0, 0.1) is 0 Å². The molecule has 4 rings (SSSR count). The quantitative estimate of drug-likeness (QED) is 0.762. The monoisotopic (exact) mass is 420 g/mol. The number of benzene rings is 1. The Morgan fingerprint density at radius 1 is 1.13 bits per heavy atom. The number of aryl methyl sites for hydroxylation is 1. The molecule has 0 spiro atoms. The van der Waals surface area contributed by atoms with Crippen LogP contribution in [0.3, 0.4) is 0 Å². The van der Waals surface area contributed by atoms with Crippen LogP contribution in [0.2, 0.25) is 0 Å². The van der Waals surface area contributed by atoms with Crippen molar-refractivity contribution in [3.05, 3.63) is 53.6 Å². The van der Waals surface area contributed by atoms with Crippen LogP contribution in [0.1, 0.15) is 35.9 Å². The molecule has 1 aromatic heterocycles. The van der Waals surface area contributed by atoms with Gasteiger partial charge in [-0.2, -0.15) is 19.9 Å². The van der Waals surface area contributed by atoms with Crippen LogP contribution in [0.15, 0.2) is 47.2 Å². The van der Waals surface area contributed by atoms with Crippen molar-refractivity contribution >= 4 is 23.6 Å². The zero-order valence-electron chi connectivity index (χ0n) is 18.0. The summed E-state index contributed by atoms with van der Waals surface area (Å²) < 4.78 is 0. The molecule has 1 amide bonds. The number of piperazine rings is 1. The van der Waals surface area contributed by atoms with Crippen molar-refractivity contribution in [1.29, 1.82) is 0 Å². The van der Waals surface area contributed by atoms with E-state index in [1.807, 2.05) is 31.2 Å². The minimum Gasteiger partial charge on any atom is -0.338 e. The van der Waals surface area contributed by atoms with Gasteiger partial charge in [0.2, 0.25) is 5.95 Å². The first-order valence-electron chi connectivity index (χ1n) is 10.7. The van der Waals surface area contributed by atoms with Gasteiger partial charge in [-0.15, -0.1) is 0 Å². The zero-order chi connectivity index (χ0) is 21.6. The third-order valence-corrected chi connectivity index (χ3v) is 5.29. The number of aliphatic imine (C=N–C) groups is 1. The molecular formula is C22H28N8O. The summed E-state index contributed by atoms with van der Waals surface area (Å²) in [6.45, 7) is 5.76. The highest BCUT2D eigenvalue weighted by Crippen LogP contribution is 2.17. The number of carbonyl (C=O) groups is 1. The second kappa shape index (κ2) is 9.65. The Morgan fingerprint density at radius 2 is 1.90 bits per heavy atom. The Hall–Kier alpha value is -3.33. The number of allylic oxidation sites excluding steroid dienone is 1. The SMILES string of the molecule is CCc1nc(N=C2CCC=C(NC(=O)c3ccccc3)N2)nc(N2CCN(C)CC2)n1. The second-order valence-corrected chi connectivity index (χ2v) is 7.66. The van der Waals surface area contributed by atoms with Crippen molar-refractivity contribution in [2.75, 3.05) is 38.1 Å². The maximum Gasteiger partial charge on any atom is 0.256 e. The molecule has 0 bridgehead atoms. The summed E-state index contributed by atoms with van der Waals surface area (Å²) in [6.07, 6.45) is 4.17. The topological polar surface area (TPSA) is 98.6 Å². The molecule has 1 saturated heterocycles. The molecule has 9 nitrogen and oxygen atoms in total. The maximum atomic E-state index is 12.4. The highest BCUT2D eigenvalue weighted by molar-refractivity contribution is 5.96. The number of amides is 1. The lowest BCUT2D eigenvalue weighted by Crippen LogP contribution is -2.45. The van der Waals surface area contributed by atoms with Gasteiger partial charge in [0.1, 0.15) is 17.5 Å². The molecule has 162 valence electrons. The van der Waals surface area contributed by atoms with Gasteiger partial charge in [0.25, 0.3) is 11.9 Å². The smallest absolute Gasteiger partial charge is 0.256 e. The van der Waals surface area contributed by atoms with Crippen LogP contribution >= 0.6 is 0 Å². The largest absolute Gasteiger partial charge is 0.338 e. The summed E-state index contributed by atoms with van der Waals surface area (Å²) in [5.41, 5.74) is 0.608. The summed E-state index contributed by atoms with van der Waals surface area (Å²) in [5.74, 6) is 3.01. The molecule has 1 fully saturated rings. The standard InChI is InChI=1S/C22H28N8O/c1-3-17-25-21(28-22(27-17)30-14-12-29(2)13-15-30)26-19-11-7-10-18(23-19)24-20(31)16-8-5-4-6-9-16/h4-6,8-10H,3,7,11-15H2,1-2H3,(H,24,31)(H,23,25,26,27,28). The minimum atomic E-state index is -0.161. The van der Waals surface area contributed by atoms with E-state index in [1.165, 1.54) is 0 Å². The number of amidine groups is 1. The summed E-state index contributed by atoms with van der Waals surface area (Å²) in [4.78, 5) is 35.3. The number of anilines is 1. The van der Waals surface area contributed by atoms with Gasteiger partial charge in [0, 0.05) is 44.6 Å². The van der Waals surface area contributed by atoms with E-state index in [2.05, 4.69) is 47.4 Å². The Kier molecular flexibility index (Phi) is 6.51. The van der Waals surface area contributed by atoms with Crippen molar-refractivity contribution < 1.29 is 4.79 Å². The number of nitrogens with zero attached hydrogens (tertiary/aromatic N) is 6. The third kappa shape index (κ3) is 5.43. The lowest BCUT2D eigenvalue weighted by atomic mass is 10.2. The van der Waals surface area contributed by atoms with Crippen molar-refractivity contribution in [3.63, 3.8) is 0 Å². The fourth-order valence-electron chi connectivity index (χ4n) is 3.44. The summed E-state index contributed by atoms with van der Waals surface area (Å²) in [5, 5.41) is 6.11.